The number of hydrogen-bond acceptors (Lipinski definition) is 4. The topological polar surface area (TPSA) is 66.5 Å². The van der Waals surface area contributed by atoms with E-state index in [-0.39, 0.29) is 12.5 Å². The van der Waals surface area contributed by atoms with Gasteiger partial charge in [0.25, 0.3) is 5.91 Å². The Bertz CT molecular complexity index is 1120. The van der Waals surface area contributed by atoms with Gasteiger partial charge in [-0.3, -0.25) is 9.10 Å². The van der Waals surface area contributed by atoms with E-state index in [1.807, 2.05) is 32.0 Å². The van der Waals surface area contributed by atoms with Gasteiger partial charge in [-0.1, -0.05) is 37.6 Å². The number of halogens is 1. The van der Waals surface area contributed by atoms with Gasteiger partial charge in [0.1, 0.15) is 0 Å². The summed E-state index contributed by atoms with van der Waals surface area (Å²) in [5.74, 6) is 0.263. The van der Waals surface area contributed by atoms with Gasteiger partial charge < -0.3 is 5.32 Å². The zero-order valence-corrected chi connectivity index (χ0v) is 18.9. The number of nitrogens with zero attached hydrogens (tertiary/aromatic N) is 1. The monoisotopic (exact) mass is 450 g/mol. The minimum atomic E-state index is -3.50. The number of anilines is 1. The van der Waals surface area contributed by atoms with Crippen LogP contribution in [-0.4, -0.2) is 27.1 Å². The molecule has 29 heavy (non-hydrogen) atoms. The number of rotatable bonds is 7. The average molecular weight is 451 g/mol. The largest absolute Gasteiger partial charge is 0.351 e. The van der Waals surface area contributed by atoms with Gasteiger partial charge in [0.2, 0.25) is 10.0 Å². The molecular formula is C21H23ClN2O3S2. The molecule has 0 aliphatic rings. The van der Waals surface area contributed by atoms with Crippen LogP contribution in [0.25, 0.3) is 10.1 Å². The molecular weight excluding hydrogens is 428 g/mol. The normalized spacial score (nSPS) is 11.8. The molecule has 0 saturated heterocycles. The Balaban J connectivity index is 1.91. The summed E-state index contributed by atoms with van der Waals surface area (Å²) in [7, 11) is -3.50. The number of amides is 1. The van der Waals surface area contributed by atoms with Crippen molar-refractivity contribution in [3.05, 3.63) is 64.0 Å². The zero-order chi connectivity index (χ0) is 21.2. The molecule has 0 spiro atoms. The van der Waals surface area contributed by atoms with Crippen LogP contribution in [-0.2, 0) is 16.6 Å². The maximum absolute atomic E-state index is 12.4. The molecule has 154 valence electrons. The Kier molecular flexibility index (Phi) is 6.51. The smallest absolute Gasteiger partial charge is 0.261 e. The van der Waals surface area contributed by atoms with Gasteiger partial charge in [-0.2, -0.15) is 0 Å². The number of thiophene rings is 1. The molecule has 1 N–H and O–H groups in total. The fourth-order valence-electron chi connectivity index (χ4n) is 2.84. The van der Waals surface area contributed by atoms with E-state index in [1.54, 1.807) is 30.3 Å². The Hall–Kier alpha value is -2.09. The molecule has 0 unspecified atom stereocenters. The van der Waals surface area contributed by atoms with Crippen LogP contribution >= 0.6 is 22.9 Å². The van der Waals surface area contributed by atoms with Crippen molar-refractivity contribution < 1.29 is 13.2 Å². The summed E-state index contributed by atoms with van der Waals surface area (Å²) in [6.45, 7) is 4.89. The lowest BCUT2D eigenvalue weighted by Gasteiger charge is -2.22. The average Bonchev–Trinajstić information content (AvgIpc) is 3.08. The van der Waals surface area contributed by atoms with Crippen LogP contribution in [0, 0.1) is 5.92 Å². The van der Waals surface area contributed by atoms with Crippen molar-refractivity contribution in [3.8, 4) is 0 Å². The van der Waals surface area contributed by atoms with Crippen LogP contribution in [0.2, 0.25) is 5.02 Å². The summed E-state index contributed by atoms with van der Waals surface area (Å²) in [6, 6.07) is 14.3. The molecule has 0 aliphatic heterocycles. The first kappa shape index (κ1) is 21.6. The first-order valence-corrected chi connectivity index (χ1v) is 12.2. The number of hydrogen-bond donors (Lipinski definition) is 1. The predicted octanol–water partition coefficient (Wildman–Crippen LogP) is 4.91. The summed E-state index contributed by atoms with van der Waals surface area (Å²) in [4.78, 5) is 13.0. The summed E-state index contributed by atoms with van der Waals surface area (Å²) >= 11 is 7.32. The second kappa shape index (κ2) is 8.73. The first-order chi connectivity index (χ1) is 13.6. The standard InChI is InChI=1S/C21H23ClN2O3S2/c1-14(2)12-23-21(25)20-11-16-10-18(8-9-19(16)28-20)24(29(3,26)27)13-15-4-6-17(22)7-5-15/h4-11,14H,12-13H2,1-3H3,(H,23,25). The van der Waals surface area contributed by atoms with Crippen molar-refractivity contribution in [1.82, 2.24) is 5.32 Å². The Morgan fingerprint density at radius 3 is 2.45 bits per heavy atom. The molecule has 0 atom stereocenters. The highest BCUT2D eigenvalue weighted by atomic mass is 35.5. The minimum absolute atomic E-state index is 0.109. The van der Waals surface area contributed by atoms with E-state index < -0.39 is 10.0 Å². The first-order valence-electron chi connectivity index (χ1n) is 9.17. The quantitative estimate of drug-likeness (QED) is 0.556. The summed E-state index contributed by atoms with van der Waals surface area (Å²) in [6.07, 6.45) is 1.19. The molecule has 3 rings (SSSR count). The van der Waals surface area contributed by atoms with Gasteiger partial charge in [-0.25, -0.2) is 8.42 Å². The number of fused-ring (bicyclic) bond motifs is 1. The van der Waals surface area contributed by atoms with Crippen molar-refractivity contribution >= 4 is 54.6 Å². The van der Waals surface area contributed by atoms with E-state index in [0.29, 0.717) is 28.0 Å². The van der Waals surface area contributed by atoms with Crippen LogP contribution < -0.4 is 9.62 Å². The van der Waals surface area contributed by atoms with Crippen LogP contribution in [0.3, 0.4) is 0 Å². The molecule has 0 radical (unpaired) electrons. The number of benzene rings is 2. The van der Waals surface area contributed by atoms with Crippen molar-refractivity contribution in [3.63, 3.8) is 0 Å². The number of nitrogens with one attached hydrogen (secondary N) is 1. The van der Waals surface area contributed by atoms with E-state index in [2.05, 4.69) is 5.32 Å². The van der Waals surface area contributed by atoms with Gasteiger partial charge >= 0.3 is 0 Å². The molecule has 0 saturated carbocycles. The van der Waals surface area contributed by atoms with Crippen molar-refractivity contribution in [1.29, 1.82) is 0 Å². The second-order valence-corrected chi connectivity index (χ2v) is 10.8. The van der Waals surface area contributed by atoms with Gasteiger partial charge in [-0.15, -0.1) is 11.3 Å². The van der Waals surface area contributed by atoms with E-state index >= 15 is 0 Å². The molecule has 1 heterocycles. The molecule has 0 aliphatic carbocycles. The van der Waals surface area contributed by atoms with Crippen LogP contribution in [0.15, 0.2) is 48.5 Å². The third-order valence-corrected chi connectivity index (χ3v) is 6.83. The summed E-state index contributed by atoms with van der Waals surface area (Å²) < 4.78 is 27.2. The molecule has 8 heteroatoms. The van der Waals surface area contributed by atoms with Crippen LogP contribution in [0.5, 0.6) is 0 Å². The Morgan fingerprint density at radius 1 is 1.14 bits per heavy atom. The summed E-state index contributed by atoms with van der Waals surface area (Å²) in [5, 5.41) is 4.35. The highest BCUT2D eigenvalue weighted by Gasteiger charge is 2.19. The molecule has 1 aromatic heterocycles. The lowest BCUT2D eigenvalue weighted by molar-refractivity contribution is 0.0953. The maximum Gasteiger partial charge on any atom is 0.261 e. The van der Waals surface area contributed by atoms with E-state index in [1.165, 1.54) is 21.9 Å². The lowest BCUT2D eigenvalue weighted by Crippen LogP contribution is -2.29. The highest BCUT2D eigenvalue weighted by molar-refractivity contribution is 7.92. The second-order valence-electron chi connectivity index (χ2n) is 7.33. The van der Waals surface area contributed by atoms with Gasteiger partial charge in [-0.05, 0) is 53.3 Å². The number of carbonyl (C=O) groups is 1. The molecule has 5 nitrogen and oxygen atoms in total. The fourth-order valence-corrected chi connectivity index (χ4v) is 4.80. The molecule has 0 fully saturated rings. The van der Waals surface area contributed by atoms with Crippen LogP contribution in [0.1, 0.15) is 29.1 Å². The number of carbonyl (C=O) groups excluding carboxylic acids is 1. The molecule has 3 aromatic rings. The third-order valence-electron chi connectivity index (χ3n) is 4.32. The van der Waals surface area contributed by atoms with E-state index in [9.17, 15) is 13.2 Å². The van der Waals surface area contributed by atoms with Gasteiger partial charge in [0.15, 0.2) is 0 Å². The lowest BCUT2D eigenvalue weighted by atomic mass is 10.2. The third kappa shape index (κ3) is 5.50. The Labute approximate surface area is 180 Å². The predicted molar refractivity (Wildman–Crippen MR) is 121 cm³/mol. The fraction of sp³-hybridized carbons (Fsp3) is 0.286. The maximum atomic E-state index is 12.4. The molecule has 1 amide bonds. The van der Waals surface area contributed by atoms with Crippen LogP contribution in [0.4, 0.5) is 5.69 Å². The highest BCUT2D eigenvalue weighted by Crippen LogP contribution is 2.31. The molecule has 2 aromatic carbocycles. The molecule has 0 bridgehead atoms. The summed E-state index contributed by atoms with van der Waals surface area (Å²) in [5.41, 5.74) is 1.39. The van der Waals surface area contributed by atoms with Gasteiger partial charge in [0.05, 0.1) is 23.4 Å². The van der Waals surface area contributed by atoms with E-state index in [4.69, 9.17) is 11.6 Å². The number of sulfonamides is 1. The Morgan fingerprint density at radius 2 is 1.83 bits per heavy atom. The minimum Gasteiger partial charge on any atom is -0.351 e. The van der Waals surface area contributed by atoms with Crippen molar-refractivity contribution in [2.75, 3.05) is 17.1 Å². The zero-order valence-electron chi connectivity index (χ0n) is 16.5. The van der Waals surface area contributed by atoms with E-state index in [0.717, 1.165) is 15.6 Å². The van der Waals surface area contributed by atoms with Gasteiger partial charge in [0, 0.05) is 16.3 Å². The van der Waals surface area contributed by atoms with Crippen molar-refractivity contribution in [2.24, 2.45) is 5.92 Å². The van der Waals surface area contributed by atoms with Crippen molar-refractivity contribution in [2.45, 2.75) is 20.4 Å². The SMILES string of the molecule is CC(C)CNC(=O)c1cc2cc(N(Cc3ccc(Cl)cc3)S(C)(=O)=O)ccc2s1.